The molecular formula is C30H36ClNO4. The number of ether oxygens (including phenoxy) is 2. The van der Waals surface area contributed by atoms with Crippen LogP contribution in [0.15, 0.2) is 42.1 Å². The number of aromatic nitrogens is 1. The summed E-state index contributed by atoms with van der Waals surface area (Å²) >= 11 is 6.43. The molecule has 6 heteroatoms. The summed E-state index contributed by atoms with van der Waals surface area (Å²) in [5, 5.41) is 27.1. The number of nitrogens with zero attached hydrogens (tertiary/aromatic N) is 1. The fraction of sp³-hybridized carbons (Fsp3) is 0.633. The van der Waals surface area contributed by atoms with Crippen molar-refractivity contribution in [1.29, 1.82) is 0 Å². The minimum atomic E-state index is -1.03. The van der Waals surface area contributed by atoms with Gasteiger partial charge in [-0.1, -0.05) is 36.7 Å². The minimum absolute atomic E-state index is 0.0168. The van der Waals surface area contributed by atoms with E-state index in [-0.39, 0.29) is 11.7 Å². The predicted octanol–water partition coefficient (Wildman–Crippen LogP) is 5.90. The van der Waals surface area contributed by atoms with Crippen LogP contribution in [0.1, 0.15) is 70.3 Å². The molecule has 2 aromatic rings. The topological polar surface area (TPSA) is 71.8 Å². The first-order valence-electron chi connectivity index (χ1n) is 13.7. The van der Waals surface area contributed by atoms with E-state index in [1.54, 1.807) is 6.20 Å². The van der Waals surface area contributed by atoms with Gasteiger partial charge in [-0.3, -0.25) is 0 Å². The maximum Gasteiger partial charge on any atom is 0.168 e. The van der Waals surface area contributed by atoms with Crippen LogP contribution in [-0.4, -0.2) is 39.8 Å². The number of hydrogen-bond acceptors (Lipinski definition) is 5. The summed E-state index contributed by atoms with van der Waals surface area (Å²) in [5.74, 6) is 0.711. The molecule has 1 aliphatic heterocycles. The standard InChI is InChI=1S/C30H36ClNO4/c1-27-9-6-22-16-20-4-10-28(35-14-15-36-28)18-21(20)5-11-29(22,33)25(27)7-12-30(27,34)23-3-2-19-8-13-32-26(31)24(19)17-23/h2-3,6,8,13,17,20-21,25,33-34H,4-5,7,9-12,14-16,18H2,1H3/t20?,21?,25?,27?,29-,30?/m1/s1. The molecule has 2 N–H and O–H groups in total. The van der Waals surface area contributed by atoms with Crippen LogP contribution in [0.3, 0.4) is 0 Å². The molecule has 4 aliphatic carbocycles. The predicted molar refractivity (Wildman–Crippen MR) is 138 cm³/mol. The van der Waals surface area contributed by atoms with Crippen molar-refractivity contribution in [2.24, 2.45) is 23.2 Å². The van der Waals surface area contributed by atoms with E-state index in [2.05, 4.69) is 18.0 Å². The van der Waals surface area contributed by atoms with Crippen LogP contribution in [0.4, 0.5) is 0 Å². The third-order valence-corrected chi connectivity index (χ3v) is 11.2. The largest absolute Gasteiger partial charge is 0.385 e. The number of halogens is 1. The molecule has 3 saturated carbocycles. The van der Waals surface area contributed by atoms with Crippen molar-refractivity contribution in [3.63, 3.8) is 0 Å². The SMILES string of the molecule is CC12CC=C3CC4CCC5(CC4CC[C@]3(O)C1CCC2(O)c1ccc2ccnc(Cl)c2c1)OCCO5. The van der Waals surface area contributed by atoms with E-state index in [0.29, 0.717) is 36.6 Å². The maximum absolute atomic E-state index is 12.4. The van der Waals surface area contributed by atoms with Gasteiger partial charge in [-0.2, -0.15) is 0 Å². The lowest BCUT2D eigenvalue weighted by atomic mass is 9.56. The fourth-order valence-corrected chi connectivity index (χ4v) is 9.10. The highest BCUT2D eigenvalue weighted by Gasteiger charge is 2.65. The average Bonchev–Trinajstić information content (AvgIpc) is 3.40. The zero-order chi connectivity index (χ0) is 24.8. The molecule has 4 fully saturated rings. The second-order valence-corrected chi connectivity index (χ2v) is 12.7. The molecule has 36 heavy (non-hydrogen) atoms. The first kappa shape index (κ1) is 23.6. The smallest absolute Gasteiger partial charge is 0.168 e. The summed E-state index contributed by atoms with van der Waals surface area (Å²) in [6.45, 7) is 3.58. The van der Waals surface area contributed by atoms with Crippen molar-refractivity contribution in [3.05, 3.63) is 52.8 Å². The summed E-state index contributed by atoms with van der Waals surface area (Å²) in [5.41, 5.74) is -0.249. The molecule has 7 rings (SSSR count). The van der Waals surface area contributed by atoms with Crippen molar-refractivity contribution in [2.75, 3.05) is 13.2 Å². The molecule has 0 bridgehead atoms. The van der Waals surface area contributed by atoms with Gasteiger partial charge in [0.1, 0.15) is 5.15 Å². The van der Waals surface area contributed by atoms with Crippen LogP contribution in [0, 0.1) is 23.2 Å². The number of hydrogen-bond donors (Lipinski definition) is 2. The van der Waals surface area contributed by atoms with Crippen molar-refractivity contribution >= 4 is 22.4 Å². The highest BCUT2D eigenvalue weighted by atomic mass is 35.5. The van der Waals surface area contributed by atoms with Crippen LogP contribution in [0.2, 0.25) is 5.15 Å². The minimum Gasteiger partial charge on any atom is -0.385 e. The normalized spacial score (nSPS) is 41.4. The van der Waals surface area contributed by atoms with Crippen LogP contribution >= 0.6 is 11.6 Å². The van der Waals surface area contributed by atoms with Gasteiger partial charge in [0.25, 0.3) is 0 Å². The van der Waals surface area contributed by atoms with E-state index >= 15 is 0 Å². The average molecular weight is 510 g/mol. The van der Waals surface area contributed by atoms with Crippen LogP contribution in [-0.2, 0) is 15.1 Å². The molecular weight excluding hydrogens is 474 g/mol. The van der Waals surface area contributed by atoms with Gasteiger partial charge in [0.05, 0.1) is 24.4 Å². The lowest BCUT2D eigenvalue weighted by Gasteiger charge is -2.52. The highest BCUT2D eigenvalue weighted by Crippen LogP contribution is 2.66. The Bertz CT molecular complexity index is 1240. The van der Waals surface area contributed by atoms with Crippen LogP contribution < -0.4 is 0 Å². The van der Waals surface area contributed by atoms with Crippen LogP contribution in [0.25, 0.3) is 10.8 Å². The van der Waals surface area contributed by atoms with E-state index in [0.717, 1.165) is 67.7 Å². The Morgan fingerprint density at radius 1 is 1.00 bits per heavy atom. The van der Waals surface area contributed by atoms with Gasteiger partial charge >= 0.3 is 0 Å². The summed E-state index contributed by atoms with van der Waals surface area (Å²) in [6, 6.07) is 8.04. The Kier molecular flexibility index (Phi) is 5.25. The Labute approximate surface area is 217 Å². The number of fused-ring (bicyclic) bond motifs is 5. The van der Waals surface area contributed by atoms with Gasteiger partial charge in [0, 0.05) is 35.8 Å². The zero-order valence-corrected chi connectivity index (χ0v) is 21.8. The molecule has 6 atom stereocenters. The second-order valence-electron chi connectivity index (χ2n) is 12.4. The molecule has 5 aliphatic rings. The van der Waals surface area contributed by atoms with Gasteiger partial charge in [-0.25, -0.2) is 4.98 Å². The molecule has 0 radical (unpaired) electrons. The van der Waals surface area contributed by atoms with Crippen molar-refractivity contribution in [1.82, 2.24) is 4.98 Å². The second kappa shape index (κ2) is 8.00. The molecule has 0 amide bonds. The van der Waals surface area contributed by atoms with Crippen LogP contribution in [0.5, 0.6) is 0 Å². The Morgan fingerprint density at radius 2 is 1.81 bits per heavy atom. The molecule has 1 aromatic carbocycles. The maximum atomic E-state index is 12.4. The molecule has 5 nitrogen and oxygen atoms in total. The van der Waals surface area contributed by atoms with E-state index in [1.807, 2.05) is 24.3 Å². The molecule has 1 saturated heterocycles. The van der Waals surface area contributed by atoms with E-state index in [9.17, 15) is 10.2 Å². The summed E-state index contributed by atoms with van der Waals surface area (Å²) in [4.78, 5) is 4.25. The van der Waals surface area contributed by atoms with Gasteiger partial charge < -0.3 is 19.7 Å². The van der Waals surface area contributed by atoms with Gasteiger partial charge in [0.15, 0.2) is 5.79 Å². The first-order chi connectivity index (χ1) is 17.3. The molecule has 1 spiro atoms. The number of allylic oxidation sites excluding steroid dienone is 1. The summed E-state index contributed by atoms with van der Waals surface area (Å²) in [7, 11) is 0. The summed E-state index contributed by atoms with van der Waals surface area (Å²) < 4.78 is 12.1. The molecule has 2 heterocycles. The van der Waals surface area contributed by atoms with Gasteiger partial charge in [-0.05, 0) is 85.4 Å². The Hall–Kier alpha value is -1.50. The molecule has 192 valence electrons. The Morgan fingerprint density at radius 3 is 2.64 bits per heavy atom. The van der Waals surface area contributed by atoms with E-state index in [1.165, 1.54) is 5.57 Å². The number of rotatable bonds is 1. The zero-order valence-electron chi connectivity index (χ0n) is 21.0. The fourth-order valence-electron chi connectivity index (χ4n) is 8.88. The lowest BCUT2D eigenvalue weighted by molar-refractivity contribution is -0.195. The quantitative estimate of drug-likeness (QED) is 0.370. The third-order valence-electron chi connectivity index (χ3n) is 10.9. The number of aliphatic hydroxyl groups is 2. The van der Waals surface area contributed by atoms with Gasteiger partial charge in [0.2, 0.25) is 0 Å². The first-order valence-corrected chi connectivity index (χ1v) is 14.1. The monoisotopic (exact) mass is 509 g/mol. The number of pyridine rings is 1. The van der Waals surface area contributed by atoms with E-state index in [4.69, 9.17) is 21.1 Å². The highest BCUT2D eigenvalue weighted by molar-refractivity contribution is 6.34. The molecule has 5 unspecified atom stereocenters. The third kappa shape index (κ3) is 3.19. The van der Waals surface area contributed by atoms with Crippen molar-refractivity contribution in [3.8, 4) is 0 Å². The van der Waals surface area contributed by atoms with E-state index < -0.39 is 16.6 Å². The summed E-state index contributed by atoms with van der Waals surface area (Å²) in [6.07, 6.45) is 11.9. The van der Waals surface area contributed by atoms with Crippen molar-refractivity contribution < 1.29 is 19.7 Å². The molecule has 1 aromatic heterocycles. The van der Waals surface area contributed by atoms with Crippen molar-refractivity contribution in [2.45, 2.75) is 81.7 Å². The lowest BCUT2D eigenvalue weighted by Crippen LogP contribution is -2.53. The van der Waals surface area contributed by atoms with Gasteiger partial charge in [-0.15, -0.1) is 0 Å². The number of benzene rings is 1. The Balaban J connectivity index is 1.22.